The average Bonchev–Trinajstić information content (AvgIpc) is 2.73. The van der Waals surface area contributed by atoms with E-state index in [4.69, 9.17) is 23.2 Å². The van der Waals surface area contributed by atoms with Crippen molar-refractivity contribution in [3.63, 3.8) is 0 Å². The third kappa shape index (κ3) is 4.06. The molecule has 0 spiro atoms. The molecule has 2 aliphatic rings. The molecule has 0 bridgehead atoms. The Bertz CT molecular complexity index is 1040. The van der Waals surface area contributed by atoms with Crippen LogP contribution in [0.1, 0.15) is 24.8 Å². The number of piperidine rings is 1. The zero-order valence-corrected chi connectivity index (χ0v) is 17.5. The van der Waals surface area contributed by atoms with Crippen LogP contribution in [-0.4, -0.2) is 30.9 Å². The first-order valence-electron chi connectivity index (χ1n) is 9.65. The fraction of sp³-hybridized carbons (Fsp3) is 0.227. The molecule has 154 valence electrons. The minimum atomic E-state index is -0.855. The van der Waals surface area contributed by atoms with Gasteiger partial charge in [-0.05, 0) is 61.2 Å². The van der Waals surface area contributed by atoms with Crippen molar-refractivity contribution in [1.82, 2.24) is 5.32 Å². The molecule has 0 atom stereocenters. The summed E-state index contributed by atoms with van der Waals surface area (Å²) in [5.74, 6) is -1.49. The smallest absolute Gasteiger partial charge is 0.335 e. The molecule has 8 heteroatoms. The van der Waals surface area contributed by atoms with Crippen LogP contribution < -0.4 is 15.1 Å². The summed E-state index contributed by atoms with van der Waals surface area (Å²) in [5.41, 5.74) is 1.81. The number of carbonyl (C=O) groups excluding carboxylic acids is 3. The van der Waals surface area contributed by atoms with Crippen molar-refractivity contribution in [2.24, 2.45) is 0 Å². The molecule has 0 unspecified atom stereocenters. The van der Waals surface area contributed by atoms with Crippen molar-refractivity contribution < 1.29 is 14.4 Å². The van der Waals surface area contributed by atoms with Gasteiger partial charge in [0.05, 0.1) is 10.7 Å². The van der Waals surface area contributed by atoms with Gasteiger partial charge in [-0.15, -0.1) is 0 Å². The molecule has 0 aliphatic carbocycles. The highest BCUT2D eigenvalue weighted by molar-refractivity contribution is 6.42. The summed E-state index contributed by atoms with van der Waals surface area (Å²) in [6, 6.07) is 11.2. The maximum absolute atomic E-state index is 13.0. The van der Waals surface area contributed by atoms with Gasteiger partial charge in [-0.3, -0.25) is 14.9 Å². The van der Waals surface area contributed by atoms with Gasteiger partial charge in [-0.1, -0.05) is 35.3 Å². The Morgan fingerprint density at radius 1 is 0.900 bits per heavy atom. The van der Waals surface area contributed by atoms with E-state index >= 15 is 0 Å². The van der Waals surface area contributed by atoms with Crippen LogP contribution in [0.25, 0.3) is 6.08 Å². The van der Waals surface area contributed by atoms with E-state index in [0.29, 0.717) is 10.6 Å². The minimum Gasteiger partial charge on any atom is -0.372 e. The van der Waals surface area contributed by atoms with Crippen LogP contribution in [0.4, 0.5) is 16.2 Å². The fourth-order valence-corrected chi connectivity index (χ4v) is 4.13. The van der Waals surface area contributed by atoms with E-state index < -0.39 is 17.8 Å². The number of benzene rings is 2. The second-order valence-electron chi connectivity index (χ2n) is 7.19. The number of barbiturate groups is 1. The van der Waals surface area contributed by atoms with Gasteiger partial charge in [-0.2, -0.15) is 0 Å². The summed E-state index contributed by atoms with van der Waals surface area (Å²) >= 11 is 12.1. The second-order valence-corrected chi connectivity index (χ2v) is 8.04. The maximum Gasteiger partial charge on any atom is 0.335 e. The molecule has 4 rings (SSSR count). The van der Waals surface area contributed by atoms with Gasteiger partial charge in [0.25, 0.3) is 11.8 Å². The highest BCUT2D eigenvalue weighted by Crippen LogP contribution is 2.31. The van der Waals surface area contributed by atoms with Gasteiger partial charge in [0.1, 0.15) is 5.57 Å². The highest BCUT2D eigenvalue weighted by Gasteiger charge is 2.37. The predicted molar refractivity (Wildman–Crippen MR) is 118 cm³/mol. The number of anilines is 2. The van der Waals surface area contributed by atoms with E-state index in [2.05, 4.69) is 10.2 Å². The monoisotopic (exact) mass is 443 g/mol. The molecule has 0 radical (unpaired) electrons. The largest absolute Gasteiger partial charge is 0.372 e. The predicted octanol–water partition coefficient (Wildman–Crippen LogP) is 4.65. The van der Waals surface area contributed by atoms with Crippen LogP contribution >= 0.6 is 23.2 Å². The Kier molecular flexibility index (Phi) is 5.79. The minimum absolute atomic E-state index is 0.130. The lowest BCUT2D eigenvalue weighted by molar-refractivity contribution is -0.122. The molecule has 1 N–H and O–H groups in total. The summed E-state index contributed by atoms with van der Waals surface area (Å²) in [7, 11) is 0. The summed E-state index contributed by atoms with van der Waals surface area (Å²) in [5, 5.41) is 2.69. The third-order valence-corrected chi connectivity index (χ3v) is 5.72. The van der Waals surface area contributed by atoms with Crippen molar-refractivity contribution in [2.45, 2.75) is 19.3 Å². The van der Waals surface area contributed by atoms with Crippen molar-refractivity contribution in [3.8, 4) is 0 Å². The van der Waals surface area contributed by atoms with Gasteiger partial charge < -0.3 is 4.90 Å². The summed E-state index contributed by atoms with van der Waals surface area (Å²) in [6.45, 7) is 2.06. The number of nitrogens with zero attached hydrogens (tertiary/aromatic N) is 2. The lowest BCUT2D eigenvalue weighted by Crippen LogP contribution is -2.54. The Hall–Kier alpha value is -2.83. The van der Waals surface area contributed by atoms with Gasteiger partial charge in [0.2, 0.25) is 0 Å². The number of carbonyl (C=O) groups is 3. The number of urea groups is 1. The number of nitrogens with one attached hydrogen (secondary N) is 1. The number of halogens is 2. The first-order valence-corrected chi connectivity index (χ1v) is 10.4. The van der Waals surface area contributed by atoms with Gasteiger partial charge in [0.15, 0.2) is 0 Å². The summed E-state index contributed by atoms with van der Waals surface area (Å²) in [6.07, 6.45) is 5.08. The zero-order valence-electron chi connectivity index (χ0n) is 16.0. The van der Waals surface area contributed by atoms with E-state index in [1.165, 1.54) is 43.5 Å². The summed E-state index contributed by atoms with van der Waals surface area (Å²) in [4.78, 5) is 40.8. The number of rotatable bonds is 3. The number of amides is 4. The molecule has 0 saturated carbocycles. The lowest BCUT2D eigenvalue weighted by Gasteiger charge is -2.29. The number of hydrogen-bond donors (Lipinski definition) is 1. The van der Waals surface area contributed by atoms with E-state index in [1.54, 1.807) is 0 Å². The number of imide groups is 2. The Labute approximate surface area is 184 Å². The first kappa shape index (κ1) is 20.4. The molecular formula is C22H19Cl2N3O3. The van der Waals surface area contributed by atoms with Crippen molar-refractivity contribution in [2.75, 3.05) is 22.9 Å². The highest BCUT2D eigenvalue weighted by atomic mass is 35.5. The molecule has 2 aromatic carbocycles. The zero-order chi connectivity index (χ0) is 21.3. The van der Waals surface area contributed by atoms with Crippen molar-refractivity contribution in [1.29, 1.82) is 0 Å². The van der Waals surface area contributed by atoms with Crippen molar-refractivity contribution in [3.05, 3.63) is 63.6 Å². The van der Waals surface area contributed by atoms with Crippen LogP contribution in [0, 0.1) is 0 Å². The van der Waals surface area contributed by atoms with E-state index in [1.807, 2.05) is 24.3 Å². The fourth-order valence-electron chi connectivity index (χ4n) is 3.64. The Balaban J connectivity index is 1.62. The standard InChI is InChI=1S/C22H19Cl2N3O3/c23-15-6-9-19(18(24)13-15)27-21(29)17(20(28)25-22(27)30)12-14-4-7-16(8-5-14)26-10-2-1-3-11-26/h4-9,12-13H,1-3,10-11H2,(H,25,28,30)/b17-12-. The molecule has 0 aromatic heterocycles. The van der Waals surface area contributed by atoms with Crippen LogP contribution in [-0.2, 0) is 9.59 Å². The quantitative estimate of drug-likeness (QED) is 0.553. The van der Waals surface area contributed by atoms with Gasteiger partial charge in [0, 0.05) is 23.8 Å². The lowest BCUT2D eigenvalue weighted by atomic mass is 10.1. The maximum atomic E-state index is 13.0. The topological polar surface area (TPSA) is 69.7 Å². The van der Waals surface area contributed by atoms with Crippen LogP contribution in [0.2, 0.25) is 10.0 Å². The van der Waals surface area contributed by atoms with Gasteiger partial charge >= 0.3 is 6.03 Å². The van der Waals surface area contributed by atoms with Crippen LogP contribution in [0.15, 0.2) is 48.0 Å². The molecule has 6 nitrogen and oxygen atoms in total. The van der Waals surface area contributed by atoms with Crippen LogP contribution in [0.3, 0.4) is 0 Å². The van der Waals surface area contributed by atoms with Gasteiger partial charge in [-0.25, -0.2) is 9.69 Å². The molecule has 2 fully saturated rings. The molecule has 2 aromatic rings. The molecule has 30 heavy (non-hydrogen) atoms. The molecule has 2 saturated heterocycles. The molecular weight excluding hydrogens is 425 g/mol. The normalized spacial score (nSPS) is 18.7. The summed E-state index contributed by atoms with van der Waals surface area (Å²) < 4.78 is 0. The number of hydrogen-bond acceptors (Lipinski definition) is 4. The first-order chi connectivity index (χ1) is 14.4. The third-order valence-electron chi connectivity index (χ3n) is 5.18. The van der Waals surface area contributed by atoms with E-state index in [9.17, 15) is 14.4 Å². The molecule has 4 amide bonds. The van der Waals surface area contributed by atoms with E-state index in [-0.39, 0.29) is 16.3 Å². The SMILES string of the molecule is O=C1NC(=O)N(c2ccc(Cl)cc2Cl)C(=O)/C1=C\c1ccc(N2CCCCC2)cc1. The Morgan fingerprint density at radius 2 is 1.60 bits per heavy atom. The Morgan fingerprint density at radius 3 is 2.27 bits per heavy atom. The molecule has 2 heterocycles. The van der Waals surface area contributed by atoms with Crippen molar-refractivity contribution >= 4 is 58.5 Å². The average molecular weight is 444 g/mol. The van der Waals surface area contributed by atoms with E-state index in [0.717, 1.165) is 23.7 Å². The second kappa shape index (κ2) is 8.50. The van der Waals surface area contributed by atoms with Crippen LogP contribution in [0.5, 0.6) is 0 Å². The molecule has 2 aliphatic heterocycles.